The Hall–Kier alpha value is -1.29. The van der Waals surface area contributed by atoms with Crippen LogP contribution in [0, 0.1) is 5.92 Å². The molecule has 4 heteroatoms. The Morgan fingerprint density at radius 3 is 2.50 bits per heavy atom. The smallest absolute Gasteiger partial charge is 0.281 e. The summed E-state index contributed by atoms with van der Waals surface area (Å²) in [5.41, 5.74) is 0.938. The van der Waals surface area contributed by atoms with Crippen LogP contribution in [0.4, 0.5) is 13.2 Å². The predicted molar refractivity (Wildman–Crippen MR) is 62.9 cm³/mol. The third-order valence-electron chi connectivity index (χ3n) is 3.83. The molecule has 2 aliphatic rings. The minimum absolute atomic E-state index is 0.0539. The van der Waals surface area contributed by atoms with Crippen molar-refractivity contribution < 1.29 is 13.2 Å². The molecule has 96 valence electrons. The molecule has 0 saturated carbocycles. The molecule has 1 aliphatic carbocycles. The van der Waals surface area contributed by atoms with Crippen LogP contribution in [-0.2, 0) is 6.54 Å². The molecule has 0 N–H and O–H groups in total. The summed E-state index contributed by atoms with van der Waals surface area (Å²) >= 11 is 0. The van der Waals surface area contributed by atoms with Gasteiger partial charge in [0.25, 0.3) is 0 Å². The molecule has 0 unspecified atom stereocenters. The molecule has 3 rings (SSSR count). The van der Waals surface area contributed by atoms with Gasteiger partial charge in [-0.3, -0.25) is 4.90 Å². The number of alkyl halides is 3. The fourth-order valence-electron chi connectivity index (χ4n) is 3.08. The van der Waals surface area contributed by atoms with Crippen LogP contribution >= 0.6 is 0 Å². The summed E-state index contributed by atoms with van der Waals surface area (Å²) in [5.74, 6) is -0.362. The first-order chi connectivity index (χ1) is 8.55. The molecule has 1 fully saturated rings. The Morgan fingerprint density at radius 1 is 1.11 bits per heavy atom. The van der Waals surface area contributed by atoms with Gasteiger partial charge >= 0.3 is 6.18 Å². The number of benzene rings is 1. The Bertz CT molecular complexity index is 452. The van der Waals surface area contributed by atoms with E-state index in [0.717, 1.165) is 5.56 Å². The summed E-state index contributed by atoms with van der Waals surface area (Å²) in [6.45, 7) is 0.372. The highest BCUT2D eigenvalue weighted by Crippen LogP contribution is 2.45. The highest BCUT2D eigenvalue weighted by molar-refractivity contribution is 5.21. The number of hydrogen-bond acceptors (Lipinski definition) is 1. The Morgan fingerprint density at radius 2 is 1.83 bits per heavy atom. The van der Waals surface area contributed by atoms with Crippen LogP contribution in [0.3, 0.4) is 0 Å². The fraction of sp³-hybridized carbons (Fsp3) is 0.429. The summed E-state index contributed by atoms with van der Waals surface area (Å²) in [7, 11) is 0. The van der Waals surface area contributed by atoms with Crippen LogP contribution in [0.2, 0.25) is 0 Å². The maximum absolute atomic E-state index is 13.1. The maximum Gasteiger partial charge on any atom is 0.404 e. The van der Waals surface area contributed by atoms with Crippen molar-refractivity contribution in [3.63, 3.8) is 0 Å². The summed E-state index contributed by atoms with van der Waals surface area (Å²) in [4.78, 5) is 1.58. The number of fused-ring (bicyclic) bond motifs is 2. The zero-order chi connectivity index (χ0) is 12.8. The van der Waals surface area contributed by atoms with Gasteiger partial charge in [0.05, 0.1) is 0 Å². The van der Waals surface area contributed by atoms with E-state index in [9.17, 15) is 13.2 Å². The molecule has 0 aromatic heterocycles. The van der Waals surface area contributed by atoms with Crippen molar-refractivity contribution in [1.82, 2.24) is 4.90 Å². The van der Waals surface area contributed by atoms with Gasteiger partial charge < -0.3 is 0 Å². The summed E-state index contributed by atoms with van der Waals surface area (Å²) in [5, 5.41) is 0. The van der Waals surface area contributed by atoms with E-state index in [2.05, 4.69) is 0 Å². The van der Waals surface area contributed by atoms with E-state index in [1.54, 1.807) is 11.0 Å². The van der Waals surface area contributed by atoms with E-state index < -0.39 is 12.2 Å². The molecule has 3 atom stereocenters. The lowest BCUT2D eigenvalue weighted by Gasteiger charge is -2.33. The molecule has 1 heterocycles. The SMILES string of the molecule is FC(F)(F)[C@@H]1[C@H]2C=C[C@H](C2)N1Cc1ccccc1. The normalized spacial score (nSPS) is 31.2. The van der Waals surface area contributed by atoms with Crippen molar-refractivity contribution in [3.8, 4) is 0 Å². The second-order valence-corrected chi connectivity index (χ2v) is 5.00. The lowest BCUT2D eigenvalue weighted by molar-refractivity contribution is -0.186. The van der Waals surface area contributed by atoms with Crippen molar-refractivity contribution in [1.29, 1.82) is 0 Å². The summed E-state index contributed by atoms with van der Waals surface area (Å²) < 4.78 is 39.3. The van der Waals surface area contributed by atoms with Gasteiger partial charge in [-0.2, -0.15) is 13.2 Å². The highest BCUT2D eigenvalue weighted by atomic mass is 19.4. The largest absolute Gasteiger partial charge is 0.404 e. The van der Waals surface area contributed by atoms with Crippen molar-refractivity contribution in [2.24, 2.45) is 5.92 Å². The minimum atomic E-state index is -4.14. The third-order valence-corrected chi connectivity index (χ3v) is 3.83. The number of likely N-dealkylation sites (tertiary alicyclic amines) is 1. The molecule has 1 nitrogen and oxygen atoms in total. The molecule has 1 saturated heterocycles. The zero-order valence-corrected chi connectivity index (χ0v) is 9.77. The van der Waals surface area contributed by atoms with E-state index in [4.69, 9.17) is 0 Å². The molecule has 1 aromatic carbocycles. The van der Waals surface area contributed by atoms with Crippen molar-refractivity contribution >= 4 is 0 Å². The van der Waals surface area contributed by atoms with Crippen LogP contribution in [-0.4, -0.2) is 23.2 Å². The third kappa shape index (κ3) is 1.94. The predicted octanol–water partition coefficient (Wildman–Crippen LogP) is 3.38. The molecule has 18 heavy (non-hydrogen) atoms. The van der Waals surface area contributed by atoms with E-state index >= 15 is 0 Å². The van der Waals surface area contributed by atoms with Gasteiger partial charge in [0, 0.05) is 18.5 Å². The second kappa shape index (κ2) is 4.12. The Kier molecular flexibility index (Phi) is 2.70. The van der Waals surface area contributed by atoms with Gasteiger partial charge in [0.15, 0.2) is 0 Å². The number of hydrogen-bond donors (Lipinski definition) is 0. The topological polar surface area (TPSA) is 3.24 Å². The molecule has 2 bridgehead atoms. The fourth-order valence-corrected chi connectivity index (χ4v) is 3.08. The molecular formula is C14H14F3N. The monoisotopic (exact) mass is 253 g/mol. The minimum Gasteiger partial charge on any atom is -0.281 e. The van der Waals surface area contributed by atoms with Crippen LogP contribution < -0.4 is 0 Å². The van der Waals surface area contributed by atoms with Gasteiger partial charge in [-0.15, -0.1) is 0 Å². The van der Waals surface area contributed by atoms with E-state index in [-0.39, 0.29) is 12.0 Å². The van der Waals surface area contributed by atoms with Gasteiger partial charge in [-0.05, 0) is 12.0 Å². The van der Waals surface area contributed by atoms with Crippen molar-refractivity contribution in [2.75, 3.05) is 0 Å². The average molecular weight is 253 g/mol. The van der Waals surface area contributed by atoms with E-state index in [1.807, 2.05) is 36.4 Å². The van der Waals surface area contributed by atoms with Gasteiger partial charge in [-0.25, -0.2) is 0 Å². The number of nitrogens with zero attached hydrogens (tertiary/aromatic N) is 1. The molecular weight excluding hydrogens is 239 g/mol. The first-order valence-corrected chi connectivity index (χ1v) is 6.10. The highest BCUT2D eigenvalue weighted by Gasteiger charge is 2.55. The van der Waals surface area contributed by atoms with E-state index in [0.29, 0.717) is 13.0 Å². The number of rotatable bonds is 2. The summed E-state index contributed by atoms with van der Waals surface area (Å²) in [6, 6.07) is 7.99. The van der Waals surface area contributed by atoms with Crippen LogP contribution in [0.5, 0.6) is 0 Å². The maximum atomic E-state index is 13.1. The molecule has 0 radical (unpaired) electrons. The van der Waals surface area contributed by atoms with Crippen LogP contribution in [0.25, 0.3) is 0 Å². The molecule has 0 spiro atoms. The van der Waals surface area contributed by atoms with Gasteiger partial charge in [-0.1, -0.05) is 42.5 Å². The number of halogens is 3. The lowest BCUT2D eigenvalue weighted by Crippen LogP contribution is -2.47. The average Bonchev–Trinajstić information content (AvgIpc) is 2.89. The molecule has 1 aromatic rings. The van der Waals surface area contributed by atoms with Crippen LogP contribution in [0.1, 0.15) is 12.0 Å². The van der Waals surface area contributed by atoms with Crippen LogP contribution in [0.15, 0.2) is 42.5 Å². The van der Waals surface area contributed by atoms with Crippen molar-refractivity contribution in [2.45, 2.75) is 31.2 Å². The van der Waals surface area contributed by atoms with E-state index in [1.165, 1.54) is 0 Å². The van der Waals surface area contributed by atoms with Gasteiger partial charge in [0.1, 0.15) is 6.04 Å². The first kappa shape index (κ1) is 11.8. The standard InChI is InChI=1S/C14H14F3N/c15-14(16,17)13-11-6-7-12(8-11)18(13)9-10-4-2-1-3-5-10/h1-7,11-13H,8-9H2/t11-,12+,13-/m0/s1. The Balaban J connectivity index is 1.84. The zero-order valence-electron chi connectivity index (χ0n) is 9.77. The second-order valence-electron chi connectivity index (χ2n) is 5.00. The van der Waals surface area contributed by atoms with Gasteiger partial charge in [0.2, 0.25) is 0 Å². The summed E-state index contributed by atoms with van der Waals surface area (Å²) in [6.07, 6.45) is 0.107. The Labute approximate surface area is 104 Å². The molecule has 0 amide bonds. The quantitative estimate of drug-likeness (QED) is 0.730. The first-order valence-electron chi connectivity index (χ1n) is 6.10. The van der Waals surface area contributed by atoms with Crippen molar-refractivity contribution in [3.05, 3.63) is 48.0 Å². The lowest BCUT2D eigenvalue weighted by atomic mass is 10.0. The molecule has 1 aliphatic heterocycles.